The Balaban J connectivity index is 1.50. The Labute approximate surface area is 169 Å². The van der Waals surface area contributed by atoms with E-state index in [1.807, 2.05) is 6.08 Å². The maximum Gasteiger partial charge on any atom is 0.205 e. The highest BCUT2D eigenvalue weighted by atomic mass is 19.1. The van der Waals surface area contributed by atoms with Crippen molar-refractivity contribution in [2.45, 2.75) is 12.8 Å². The van der Waals surface area contributed by atoms with Crippen LogP contribution in [-0.2, 0) is 17.6 Å². The Morgan fingerprint density at radius 2 is 2.00 bits per heavy atom. The van der Waals surface area contributed by atoms with E-state index in [1.165, 1.54) is 17.3 Å². The third-order valence-electron chi connectivity index (χ3n) is 6.09. The Morgan fingerprint density at radius 1 is 1.14 bits per heavy atom. The molecule has 0 aromatic heterocycles. The third kappa shape index (κ3) is 3.02. The van der Waals surface area contributed by atoms with Crippen LogP contribution in [0.15, 0.2) is 47.5 Å². The molecule has 4 nitrogen and oxygen atoms in total. The Kier molecular flexibility index (Phi) is 4.21. The maximum absolute atomic E-state index is 14.4. The molecule has 0 atom stereocenters. The fraction of sp³-hybridized carbons (Fsp3) is 0.250. The van der Waals surface area contributed by atoms with Gasteiger partial charge in [-0.1, -0.05) is 18.2 Å². The molecule has 5 heteroatoms. The van der Waals surface area contributed by atoms with Gasteiger partial charge in [-0.15, -0.1) is 0 Å². The van der Waals surface area contributed by atoms with E-state index >= 15 is 0 Å². The summed E-state index contributed by atoms with van der Waals surface area (Å²) in [6.07, 6.45) is 5.07. The molecular formula is C24H23FN3O+. The van der Waals surface area contributed by atoms with Gasteiger partial charge in [-0.05, 0) is 47.9 Å². The fourth-order valence-corrected chi connectivity index (χ4v) is 4.51. The summed E-state index contributed by atoms with van der Waals surface area (Å²) in [5.74, 6) is -0.402. The minimum atomic E-state index is -0.367. The summed E-state index contributed by atoms with van der Waals surface area (Å²) < 4.78 is 16.7. The van der Waals surface area contributed by atoms with E-state index in [9.17, 15) is 9.18 Å². The van der Waals surface area contributed by atoms with Crippen molar-refractivity contribution in [3.05, 3.63) is 75.6 Å². The lowest BCUT2D eigenvalue weighted by Crippen LogP contribution is -2.35. The van der Waals surface area contributed by atoms with Gasteiger partial charge in [0.05, 0.1) is 18.8 Å². The van der Waals surface area contributed by atoms with Crippen LogP contribution in [0.4, 0.5) is 10.1 Å². The first-order valence-electron chi connectivity index (χ1n) is 9.94. The number of hydrogen-bond acceptors (Lipinski definition) is 3. The molecule has 1 aliphatic heterocycles. The normalized spacial score (nSPS) is 19.0. The molecule has 0 radical (unpaired) electrons. The summed E-state index contributed by atoms with van der Waals surface area (Å²) in [4.78, 5) is 15.1. The van der Waals surface area contributed by atoms with Crippen molar-refractivity contribution in [3.8, 4) is 0 Å². The average molecular weight is 388 g/mol. The molecule has 0 saturated carbocycles. The molecular weight excluding hydrogens is 365 g/mol. The molecule has 2 aromatic rings. The highest BCUT2D eigenvalue weighted by Gasteiger charge is 2.30. The quantitative estimate of drug-likeness (QED) is 0.805. The molecule has 2 aromatic carbocycles. The van der Waals surface area contributed by atoms with E-state index in [4.69, 9.17) is 5.73 Å². The second kappa shape index (κ2) is 6.78. The molecule has 0 amide bonds. The summed E-state index contributed by atoms with van der Waals surface area (Å²) >= 11 is 0. The molecule has 146 valence electrons. The lowest BCUT2D eigenvalue weighted by Gasteiger charge is -2.21. The summed E-state index contributed by atoms with van der Waals surface area (Å²) in [5, 5.41) is 0. The molecule has 29 heavy (non-hydrogen) atoms. The zero-order valence-corrected chi connectivity index (χ0v) is 16.4. The number of Topliss-reactive ketones (excluding diaryl/α,β-unsaturated/α-hetero) is 1. The van der Waals surface area contributed by atoms with Crippen molar-refractivity contribution in [1.82, 2.24) is 4.90 Å². The van der Waals surface area contributed by atoms with Crippen LogP contribution in [0.3, 0.4) is 0 Å². The SMILES string of the molecule is CN1CC=[N+](c2ccc3c(c2)CC(C2=C(N)c4c(F)cccc4CC2=O)=C3)CC1. The number of carbonyl (C=O) groups excluding carboxylic acids is 1. The third-order valence-corrected chi connectivity index (χ3v) is 6.09. The van der Waals surface area contributed by atoms with Gasteiger partial charge in [0.25, 0.3) is 0 Å². The minimum Gasteiger partial charge on any atom is -0.398 e. The summed E-state index contributed by atoms with van der Waals surface area (Å²) in [7, 11) is 2.12. The molecule has 0 saturated heterocycles. The van der Waals surface area contributed by atoms with Crippen molar-refractivity contribution < 1.29 is 13.8 Å². The topological polar surface area (TPSA) is 49.3 Å². The molecule has 2 N–H and O–H groups in total. The van der Waals surface area contributed by atoms with E-state index in [2.05, 4.69) is 40.9 Å². The van der Waals surface area contributed by atoms with E-state index < -0.39 is 0 Å². The average Bonchev–Trinajstić information content (AvgIpc) is 3.11. The molecule has 5 rings (SSSR count). The van der Waals surface area contributed by atoms with Crippen molar-refractivity contribution in [2.75, 3.05) is 26.7 Å². The van der Waals surface area contributed by atoms with Gasteiger partial charge in [0, 0.05) is 29.7 Å². The molecule has 0 unspecified atom stereocenters. The van der Waals surface area contributed by atoms with Crippen LogP contribution in [0.5, 0.6) is 0 Å². The molecule has 0 bridgehead atoms. The van der Waals surface area contributed by atoms with Crippen molar-refractivity contribution in [1.29, 1.82) is 0 Å². The van der Waals surface area contributed by atoms with E-state index in [-0.39, 0.29) is 23.7 Å². The number of benzene rings is 2. The maximum atomic E-state index is 14.4. The summed E-state index contributed by atoms with van der Waals surface area (Å²) in [5.41, 5.74) is 12.4. The summed E-state index contributed by atoms with van der Waals surface area (Å²) in [6, 6.07) is 11.2. The lowest BCUT2D eigenvalue weighted by atomic mass is 9.84. The number of fused-ring (bicyclic) bond motifs is 2. The van der Waals surface area contributed by atoms with Crippen LogP contribution in [0.25, 0.3) is 11.8 Å². The van der Waals surface area contributed by atoms with Crippen LogP contribution in [0, 0.1) is 5.82 Å². The highest BCUT2D eigenvalue weighted by Crippen LogP contribution is 2.38. The van der Waals surface area contributed by atoms with Gasteiger partial charge in [0.2, 0.25) is 5.69 Å². The zero-order valence-electron chi connectivity index (χ0n) is 16.4. The molecule has 0 fully saturated rings. The largest absolute Gasteiger partial charge is 0.398 e. The Morgan fingerprint density at radius 3 is 2.79 bits per heavy atom. The minimum absolute atomic E-state index is 0.0349. The van der Waals surface area contributed by atoms with E-state index in [0.29, 0.717) is 23.1 Å². The molecule has 3 aliphatic rings. The van der Waals surface area contributed by atoms with Crippen LogP contribution in [0.1, 0.15) is 22.3 Å². The number of carbonyl (C=O) groups is 1. The van der Waals surface area contributed by atoms with E-state index in [0.717, 1.165) is 30.8 Å². The smallest absolute Gasteiger partial charge is 0.205 e. The predicted octanol–water partition coefficient (Wildman–Crippen LogP) is 2.92. The number of halogens is 1. The van der Waals surface area contributed by atoms with Crippen LogP contribution >= 0.6 is 0 Å². The van der Waals surface area contributed by atoms with Crippen molar-refractivity contribution in [3.63, 3.8) is 0 Å². The number of ketones is 1. The number of hydrogen-bond donors (Lipinski definition) is 1. The van der Waals surface area contributed by atoms with Gasteiger partial charge in [0.1, 0.15) is 5.82 Å². The van der Waals surface area contributed by atoms with Crippen molar-refractivity contribution in [2.24, 2.45) is 5.73 Å². The first-order valence-corrected chi connectivity index (χ1v) is 9.94. The number of nitrogens with two attached hydrogens (primary N) is 1. The Bertz CT molecular complexity index is 1140. The monoisotopic (exact) mass is 388 g/mol. The number of likely N-dealkylation sites (N-methyl/N-ethyl adjacent to an activating group) is 1. The second-order valence-corrected chi connectivity index (χ2v) is 8.03. The van der Waals surface area contributed by atoms with Gasteiger partial charge in [-0.25, -0.2) is 8.97 Å². The lowest BCUT2D eigenvalue weighted by molar-refractivity contribution is -0.443. The standard InChI is InChI=1S/C24H22FN3O/c1-27-7-9-28(10-8-27)19-6-5-15-11-18(12-17(15)13-19)23-21(29)14-16-3-2-4-20(25)22(16)24(23)26/h2-6,9,11,13H,7-8,10,12,14H2,1H3,(H-,26,29)/p+1. The number of nitrogens with zero attached hydrogens (tertiary/aromatic N) is 2. The van der Waals surface area contributed by atoms with Gasteiger partial charge >= 0.3 is 0 Å². The summed E-state index contributed by atoms with van der Waals surface area (Å²) in [6.45, 7) is 2.92. The van der Waals surface area contributed by atoms with Crippen LogP contribution in [0.2, 0.25) is 0 Å². The van der Waals surface area contributed by atoms with Crippen LogP contribution < -0.4 is 5.73 Å². The zero-order chi connectivity index (χ0) is 20.1. The predicted molar refractivity (Wildman–Crippen MR) is 113 cm³/mol. The van der Waals surface area contributed by atoms with Gasteiger partial charge < -0.3 is 5.73 Å². The molecule has 1 heterocycles. The van der Waals surface area contributed by atoms with Gasteiger partial charge in [-0.2, -0.15) is 0 Å². The van der Waals surface area contributed by atoms with Crippen LogP contribution in [-0.4, -0.2) is 48.2 Å². The second-order valence-electron chi connectivity index (χ2n) is 8.03. The van der Waals surface area contributed by atoms with Crippen molar-refractivity contribution >= 4 is 29.5 Å². The molecule has 2 aliphatic carbocycles. The van der Waals surface area contributed by atoms with Gasteiger partial charge in [0.15, 0.2) is 18.5 Å². The fourth-order valence-electron chi connectivity index (χ4n) is 4.51. The first kappa shape index (κ1) is 18.0. The van der Waals surface area contributed by atoms with Gasteiger partial charge in [-0.3, -0.25) is 9.69 Å². The highest BCUT2D eigenvalue weighted by molar-refractivity contribution is 6.11. The first-order chi connectivity index (χ1) is 14.0. The molecule has 0 spiro atoms. The van der Waals surface area contributed by atoms with E-state index in [1.54, 1.807) is 12.1 Å². The Hall–Kier alpha value is -3.05. The number of rotatable bonds is 2. The number of allylic oxidation sites excluding steroid dienone is 2.